The van der Waals surface area contributed by atoms with Crippen molar-refractivity contribution < 1.29 is 19.4 Å². The highest BCUT2D eigenvalue weighted by Crippen LogP contribution is 2.32. The quantitative estimate of drug-likeness (QED) is 0.730. The van der Waals surface area contributed by atoms with E-state index in [1.165, 1.54) is 20.3 Å². The fourth-order valence-electron chi connectivity index (χ4n) is 2.01. The Morgan fingerprint density at radius 2 is 2.05 bits per heavy atom. The molecule has 0 bridgehead atoms. The Hall–Kier alpha value is -1.79. The van der Waals surface area contributed by atoms with Crippen molar-refractivity contribution in [1.29, 1.82) is 0 Å². The number of benzene rings is 1. The molecule has 1 rings (SSSR count). The normalized spacial score (nSPS) is 13.8. The number of phenolic OH excluding ortho intramolecular Hbond substituents is 1. The van der Waals surface area contributed by atoms with E-state index in [9.17, 15) is 9.90 Å². The Balaban J connectivity index is 3.09. The molecular weight excluding hydrogens is 272 g/mol. The van der Waals surface area contributed by atoms with Crippen LogP contribution in [0.4, 0.5) is 0 Å². The number of methoxy groups -OCH3 is 2. The molecule has 0 aromatic heterocycles. The highest BCUT2D eigenvalue weighted by atomic mass is 16.5. The van der Waals surface area contributed by atoms with Crippen LogP contribution in [-0.4, -0.2) is 57.4 Å². The molecule has 6 heteroatoms. The molecule has 1 unspecified atom stereocenters. The van der Waals surface area contributed by atoms with Gasteiger partial charge < -0.3 is 19.5 Å². The van der Waals surface area contributed by atoms with Crippen LogP contribution in [0.3, 0.4) is 0 Å². The predicted octanol–water partition coefficient (Wildman–Crippen LogP) is 0.940. The average Bonchev–Trinajstić information content (AvgIpc) is 2.46. The molecule has 0 radical (unpaired) electrons. The van der Waals surface area contributed by atoms with Gasteiger partial charge in [-0.15, -0.1) is 0 Å². The summed E-state index contributed by atoms with van der Waals surface area (Å²) in [5, 5.41) is 12.9. The van der Waals surface area contributed by atoms with E-state index in [1.54, 1.807) is 19.1 Å². The van der Waals surface area contributed by atoms with Crippen molar-refractivity contribution in [3.05, 3.63) is 23.8 Å². The number of nitrogens with one attached hydrogen (secondary N) is 1. The number of carbonyl (C=O) groups is 1. The monoisotopic (exact) mass is 296 g/mol. The standard InChI is InChI=1S/C15H24N2O4/c1-15(14(19)21-5,16-8-9-17(2)3)11-6-7-12(18)13(10-11)20-4/h6-7,10,16,18H,8-9H2,1-5H3. The second-order valence-electron chi connectivity index (χ2n) is 5.23. The molecule has 118 valence electrons. The van der Waals surface area contributed by atoms with Gasteiger partial charge in [0.2, 0.25) is 0 Å². The Morgan fingerprint density at radius 1 is 1.38 bits per heavy atom. The van der Waals surface area contributed by atoms with Crippen LogP contribution < -0.4 is 10.1 Å². The zero-order valence-corrected chi connectivity index (χ0v) is 13.3. The number of aromatic hydroxyl groups is 1. The molecule has 0 spiro atoms. The van der Waals surface area contributed by atoms with Crippen LogP contribution in [0.1, 0.15) is 12.5 Å². The third-order valence-corrected chi connectivity index (χ3v) is 3.39. The van der Waals surface area contributed by atoms with Crippen LogP contribution in [0.2, 0.25) is 0 Å². The van der Waals surface area contributed by atoms with Gasteiger partial charge in [0, 0.05) is 13.1 Å². The molecular formula is C15H24N2O4. The summed E-state index contributed by atoms with van der Waals surface area (Å²) in [5.74, 6) is -0.0483. The van der Waals surface area contributed by atoms with Gasteiger partial charge in [-0.05, 0) is 38.7 Å². The molecule has 2 N–H and O–H groups in total. The first-order valence-electron chi connectivity index (χ1n) is 6.70. The van der Waals surface area contributed by atoms with Gasteiger partial charge in [-0.1, -0.05) is 6.07 Å². The van der Waals surface area contributed by atoms with Gasteiger partial charge in [0.25, 0.3) is 0 Å². The van der Waals surface area contributed by atoms with Gasteiger partial charge in [-0.3, -0.25) is 5.32 Å². The van der Waals surface area contributed by atoms with Crippen LogP contribution in [0, 0.1) is 0 Å². The summed E-state index contributed by atoms with van der Waals surface area (Å²) >= 11 is 0. The van der Waals surface area contributed by atoms with Crippen LogP contribution >= 0.6 is 0 Å². The Labute approximate surface area is 125 Å². The van der Waals surface area contributed by atoms with E-state index < -0.39 is 11.5 Å². The minimum atomic E-state index is -1.01. The molecule has 1 aromatic carbocycles. The van der Waals surface area contributed by atoms with Crippen molar-refractivity contribution in [2.24, 2.45) is 0 Å². The highest BCUT2D eigenvalue weighted by Gasteiger charge is 2.36. The van der Waals surface area contributed by atoms with E-state index in [-0.39, 0.29) is 5.75 Å². The minimum absolute atomic E-state index is 0.0294. The molecule has 1 atom stereocenters. The molecule has 0 aliphatic rings. The van der Waals surface area contributed by atoms with Crippen LogP contribution in [0.25, 0.3) is 0 Å². The molecule has 0 aliphatic carbocycles. The Morgan fingerprint density at radius 3 is 2.57 bits per heavy atom. The Kier molecular flexibility index (Phi) is 5.99. The lowest BCUT2D eigenvalue weighted by Gasteiger charge is -2.29. The maximum Gasteiger partial charge on any atom is 0.330 e. The first kappa shape index (κ1) is 17.3. The van der Waals surface area contributed by atoms with Crippen molar-refractivity contribution in [3.63, 3.8) is 0 Å². The summed E-state index contributed by atoms with van der Waals surface area (Å²) in [6.45, 7) is 3.14. The maximum atomic E-state index is 12.2. The van der Waals surface area contributed by atoms with Crippen LogP contribution in [-0.2, 0) is 15.1 Å². The highest BCUT2D eigenvalue weighted by molar-refractivity contribution is 5.82. The van der Waals surface area contributed by atoms with Crippen molar-refractivity contribution in [1.82, 2.24) is 10.2 Å². The summed E-state index contributed by atoms with van der Waals surface area (Å²) in [4.78, 5) is 14.2. The smallest absolute Gasteiger partial charge is 0.330 e. The lowest BCUT2D eigenvalue weighted by molar-refractivity contribution is -0.148. The van der Waals surface area contributed by atoms with Crippen molar-refractivity contribution in [3.8, 4) is 11.5 Å². The van der Waals surface area contributed by atoms with E-state index in [0.717, 1.165) is 6.54 Å². The first-order chi connectivity index (χ1) is 9.85. The SMILES string of the molecule is COC(=O)C(C)(NCCN(C)C)c1ccc(O)c(OC)c1. The Bertz CT molecular complexity index is 491. The van der Waals surface area contributed by atoms with Crippen LogP contribution in [0.5, 0.6) is 11.5 Å². The zero-order valence-electron chi connectivity index (χ0n) is 13.3. The molecule has 0 aliphatic heterocycles. The number of hydrogen-bond donors (Lipinski definition) is 2. The van der Waals surface area contributed by atoms with Crippen molar-refractivity contribution >= 4 is 5.97 Å². The summed E-state index contributed by atoms with van der Waals surface area (Å²) in [5.41, 5.74) is -0.339. The van der Waals surface area contributed by atoms with Crippen LogP contribution in [0.15, 0.2) is 18.2 Å². The number of rotatable bonds is 7. The number of hydrogen-bond acceptors (Lipinski definition) is 6. The van der Waals surface area contributed by atoms with Gasteiger partial charge in [-0.25, -0.2) is 4.79 Å². The number of ether oxygens (including phenoxy) is 2. The molecule has 1 aromatic rings. The fourth-order valence-corrected chi connectivity index (χ4v) is 2.01. The largest absolute Gasteiger partial charge is 0.504 e. The maximum absolute atomic E-state index is 12.2. The summed E-state index contributed by atoms with van der Waals surface area (Å²) in [7, 11) is 6.74. The van der Waals surface area contributed by atoms with Crippen molar-refractivity contribution in [2.45, 2.75) is 12.5 Å². The molecule has 0 saturated carbocycles. The second-order valence-corrected chi connectivity index (χ2v) is 5.23. The van der Waals surface area contributed by atoms with E-state index in [4.69, 9.17) is 9.47 Å². The molecule has 21 heavy (non-hydrogen) atoms. The molecule has 6 nitrogen and oxygen atoms in total. The number of carbonyl (C=O) groups excluding carboxylic acids is 1. The topological polar surface area (TPSA) is 71.0 Å². The number of likely N-dealkylation sites (N-methyl/N-ethyl adjacent to an activating group) is 1. The summed E-state index contributed by atoms with van der Waals surface area (Å²) < 4.78 is 10.0. The third kappa shape index (κ3) is 4.09. The first-order valence-corrected chi connectivity index (χ1v) is 6.70. The molecule has 0 heterocycles. The molecule has 0 amide bonds. The van der Waals surface area contributed by atoms with Gasteiger partial charge >= 0.3 is 5.97 Å². The van der Waals surface area contributed by atoms with Gasteiger partial charge in [-0.2, -0.15) is 0 Å². The molecule has 0 saturated heterocycles. The lowest BCUT2D eigenvalue weighted by Crippen LogP contribution is -2.49. The van der Waals surface area contributed by atoms with Crippen molar-refractivity contribution in [2.75, 3.05) is 41.4 Å². The van der Waals surface area contributed by atoms with Gasteiger partial charge in [0.1, 0.15) is 5.54 Å². The van der Waals surface area contributed by atoms with Gasteiger partial charge in [0.15, 0.2) is 11.5 Å². The number of nitrogens with zero attached hydrogens (tertiary/aromatic N) is 1. The summed E-state index contributed by atoms with van der Waals surface area (Å²) in [6.07, 6.45) is 0. The van der Waals surface area contributed by atoms with E-state index in [1.807, 2.05) is 19.0 Å². The average molecular weight is 296 g/mol. The van der Waals surface area contributed by atoms with E-state index in [2.05, 4.69) is 5.32 Å². The predicted molar refractivity (Wildman–Crippen MR) is 80.6 cm³/mol. The minimum Gasteiger partial charge on any atom is -0.504 e. The van der Waals surface area contributed by atoms with E-state index in [0.29, 0.717) is 17.9 Å². The number of phenols is 1. The zero-order chi connectivity index (χ0) is 16.0. The number of esters is 1. The van der Waals surface area contributed by atoms with E-state index >= 15 is 0 Å². The summed E-state index contributed by atoms with van der Waals surface area (Å²) in [6, 6.07) is 4.81. The third-order valence-electron chi connectivity index (χ3n) is 3.39. The molecule has 0 fully saturated rings. The van der Waals surface area contributed by atoms with Gasteiger partial charge in [0.05, 0.1) is 14.2 Å². The lowest BCUT2D eigenvalue weighted by atomic mass is 9.91. The fraction of sp³-hybridized carbons (Fsp3) is 0.533. The second kappa shape index (κ2) is 7.28.